The van der Waals surface area contributed by atoms with Crippen LogP contribution >= 0.6 is 0 Å². The average molecular weight is 489 g/mol. The van der Waals surface area contributed by atoms with Gasteiger partial charge in [-0.2, -0.15) is 0 Å². The molecule has 3 aromatic rings. The highest BCUT2D eigenvalue weighted by Gasteiger charge is 2.22. The fraction of sp³-hybridized carbons (Fsp3) is 0.286. The first-order chi connectivity index (χ1) is 17.8. The third-order valence-corrected chi connectivity index (χ3v) is 5.37. The molecule has 2 fully saturated rings. The highest BCUT2D eigenvalue weighted by atomic mass is 16.7. The lowest BCUT2D eigenvalue weighted by Gasteiger charge is -2.06. The van der Waals surface area contributed by atoms with Crippen molar-refractivity contribution in [3.63, 3.8) is 0 Å². The Morgan fingerprint density at radius 2 is 1.00 bits per heavy atom. The zero-order valence-corrected chi connectivity index (χ0v) is 19.8. The largest absolute Gasteiger partial charge is 0.468 e. The van der Waals surface area contributed by atoms with E-state index in [1.54, 1.807) is 0 Å². The first-order valence-corrected chi connectivity index (χ1v) is 11.8. The smallest absolute Gasteiger partial charge is 0.189 e. The molecule has 0 radical (unpaired) electrons. The van der Waals surface area contributed by atoms with E-state index in [0.29, 0.717) is 13.2 Å². The molecular weight excluding hydrogens is 460 g/mol. The molecule has 2 aliphatic heterocycles. The number of nitrogens with zero attached hydrogens (tertiary/aromatic N) is 2. The Morgan fingerprint density at radius 3 is 1.44 bits per heavy atom. The van der Waals surface area contributed by atoms with Crippen molar-refractivity contribution in [3.8, 4) is 11.5 Å². The summed E-state index contributed by atoms with van der Waals surface area (Å²) in [5.74, 6) is 1.49. The standard InChI is InChI=1S/C28H28N2O6/c1-5-23(29-14-22-3-9-25(10-4-22)35-19-31-15-27-17-33-27)6-2-21(1)13-30-24-7-11-26(12-8-24)36-20-32-16-28-18-34-28/h1-14,27-28H,15-20H2/b29-14+,30-13+. The Morgan fingerprint density at radius 1 is 0.611 bits per heavy atom. The minimum absolute atomic E-state index is 0.212. The van der Waals surface area contributed by atoms with Crippen LogP contribution in [0.5, 0.6) is 11.5 Å². The van der Waals surface area contributed by atoms with Gasteiger partial charge in [0.1, 0.15) is 23.7 Å². The molecule has 2 saturated heterocycles. The highest BCUT2D eigenvalue weighted by Crippen LogP contribution is 2.19. The maximum Gasteiger partial charge on any atom is 0.189 e. The quantitative estimate of drug-likeness (QED) is 0.142. The second-order valence-electron chi connectivity index (χ2n) is 8.35. The van der Waals surface area contributed by atoms with Crippen LogP contribution in [0, 0.1) is 0 Å². The van der Waals surface area contributed by atoms with Gasteiger partial charge < -0.3 is 28.4 Å². The van der Waals surface area contributed by atoms with E-state index in [2.05, 4.69) is 9.98 Å². The minimum Gasteiger partial charge on any atom is -0.468 e. The van der Waals surface area contributed by atoms with Crippen molar-refractivity contribution in [3.05, 3.63) is 83.9 Å². The van der Waals surface area contributed by atoms with Crippen LogP contribution in [0.25, 0.3) is 0 Å². The molecule has 2 heterocycles. The molecule has 0 spiro atoms. The lowest BCUT2D eigenvalue weighted by atomic mass is 10.2. The maximum atomic E-state index is 5.55. The van der Waals surface area contributed by atoms with Crippen molar-refractivity contribution >= 4 is 23.8 Å². The number of hydrogen-bond acceptors (Lipinski definition) is 8. The molecule has 0 bridgehead atoms. The Kier molecular flexibility index (Phi) is 8.33. The van der Waals surface area contributed by atoms with Gasteiger partial charge in [-0.05, 0) is 71.8 Å². The monoisotopic (exact) mass is 488 g/mol. The molecule has 3 aromatic carbocycles. The number of epoxide rings is 2. The summed E-state index contributed by atoms with van der Waals surface area (Å²) in [7, 11) is 0. The zero-order chi connectivity index (χ0) is 24.4. The number of benzene rings is 3. The first kappa shape index (κ1) is 24.1. The van der Waals surface area contributed by atoms with Gasteiger partial charge in [0.25, 0.3) is 0 Å². The van der Waals surface area contributed by atoms with Crippen molar-refractivity contribution in [1.29, 1.82) is 0 Å². The van der Waals surface area contributed by atoms with Crippen LogP contribution in [-0.4, -0.2) is 64.7 Å². The predicted octanol–water partition coefficient (Wildman–Crippen LogP) is 4.69. The van der Waals surface area contributed by atoms with Crippen LogP contribution < -0.4 is 9.47 Å². The van der Waals surface area contributed by atoms with Gasteiger partial charge in [0.05, 0.1) is 37.8 Å². The minimum atomic E-state index is 0.212. The van der Waals surface area contributed by atoms with Gasteiger partial charge in [-0.15, -0.1) is 0 Å². The SMILES string of the molecule is C(=N\c1ccc(/C=N/c2ccc(OCOCC3CO3)cc2)cc1)/c1ccc(OCOCC2CO2)cc1. The Balaban J connectivity index is 1.05. The molecule has 36 heavy (non-hydrogen) atoms. The van der Waals surface area contributed by atoms with Gasteiger partial charge >= 0.3 is 0 Å². The lowest BCUT2D eigenvalue weighted by molar-refractivity contribution is 0.00810. The summed E-state index contributed by atoms with van der Waals surface area (Å²) in [4.78, 5) is 9.06. The van der Waals surface area contributed by atoms with Gasteiger partial charge in [-0.3, -0.25) is 9.98 Å². The van der Waals surface area contributed by atoms with E-state index in [4.69, 9.17) is 28.4 Å². The molecule has 8 heteroatoms. The normalized spacial score (nSPS) is 18.6. The fourth-order valence-corrected chi connectivity index (χ4v) is 3.13. The molecule has 0 aliphatic carbocycles. The van der Waals surface area contributed by atoms with Crippen molar-refractivity contribution in [2.45, 2.75) is 12.2 Å². The van der Waals surface area contributed by atoms with E-state index in [0.717, 1.165) is 47.2 Å². The molecule has 0 amide bonds. The van der Waals surface area contributed by atoms with Crippen molar-refractivity contribution < 1.29 is 28.4 Å². The van der Waals surface area contributed by atoms with Crippen molar-refractivity contribution in [2.24, 2.45) is 9.98 Å². The number of rotatable bonds is 14. The van der Waals surface area contributed by atoms with E-state index in [1.807, 2.05) is 85.2 Å². The van der Waals surface area contributed by atoms with E-state index in [9.17, 15) is 0 Å². The third-order valence-electron chi connectivity index (χ3n) is 5.37. The number of aliphatic imine (C=N–C) groups is 2. The van der Waals surface area contributed by atoms with E-state index >= 15 is 0 Å². The first-order valence-electron chi connectivity index (χ1n) is 11.8. The fourth-order valence-electron chi connectivity index (χ4n) is 3.13. The van der Waals surface area contributed by atoms with E-state index < -0.39 is 0 Å². The summed E-state index contributed by atoms with van der Waals surface area (Å²) < 4.78 is 32.0. The predicted molar refractivity (Wildman–Crippen MR) is 136 cm³/mol. The summed E-state index contributed by atoms with van der Waals surface area (Å²) in [5.41, 5.74) is 3.67. The molecule has 8 nitrogen and oxygen atoms in total. The molecule has 5 rings (SSSR count). The molecule has 0 N–H and O–H groups in total. The van der Waals surface area contributed by atoms with E-state index in [1.165, 1.54) is 0 Å². The second-order valence-corrected chi connectivity index (χ2v) is 8.35. The van der Waals surface area contributed by atoms with Gasteiger partial charge in [0.2, 0.25) is 0 Å². The summed E-state index contributed by atoms with van der Waals surface area (Å²) >= 11 is 0. The van der Waals surface area contributed by atoms with Gasteiger partial charge in [0.15, 0.2) is 13.6 Å². The second kappa shape index (κ2) is 12.4. The summed E-state index contributed by atoms with van der Waals surface area (Å²) in [6.07, 6.45) is 4.12. The van der Waals surface area contributed by atoms with Crippen molar-refractivity contribution in [2.75, 3.05) is 40.0 Å². The van der Waals surface area contributed by atoms with Crippen molar-refractivity contribution in [1.82, 2.24) is 0 Å². The van der Waals surface area contributed by atoms with Crippen LogP contribution in [-0.2, 0) is 18.9 Å². The van der Waals surface area contributed by atoms with E-state index in [-0.39, 0.29) is 25.8 Å². The van der Waals surface area contributed by atoms with Crippen LogP contribution in [0.15, 0.2) is 82.8 Å². The number of ether oxygens (including phenoxy) is 6. The van der Waals surface area contributed by atoms with Crippen LogP contribution in [0.1, 0.15) is 11.1 Å². The Hall–Kier alpha value is -3.56. The Bertz CT molecular complexity index is 1050. The number of hydrogen-bond donors (Lipinski definition) is 0. The average Bonchev–Trinajstić information content (AvgIpc) is 3.85. The molecule has 2 aliphatic rings. The molecule has 186 valence electrons. The zero-order valence-electron chi connectivity index (χ0n) is 19.8. The summed E-state index contributed by atoms with van der Waals surface area (Å²) in [6, 6.07) is 23.1. The van der Waals surface area contributed by atoms with Crippen LogP contribution in [0.3, 0.4) is 0 Å². The maximum absolute atomic E-state index is 5.55. The molecular formula is C28H28N2O6. The van der Waals surface area contributed by atoms with Gasteiger partial charge in [-0.25, -0.2) is 0 Å². The molecule has 0 saturated carbocycles. The van der Waals surface area contributed by atoms with Gasteiger partial charge in [-0.1, -0.05) is 12.1 Å². The highest BCUT2D eigenvalue weighted by molar-refractivity contribution is 5.84. The third kappa shape index (κ3) is 8.28. The molecule has 2 atom stereocenters. The molecule has 2 unspecified atom stereocenters. The van der Waals surface area contributed by atoms with Gasteiger partial charge in [0, 0.05) is 12.4 Å². The summed E-state index contributed by atoms with van der Waals surface area (Å²) in [6.45, 7) is 3.14. The van der Waals surface area contributed by atoms with Crippen LogP contribution in [0.2, 0.25) is 0 Å². The van der Waals surface area contributed by atoms with Crippen LogP contribution in [0.4, 0.5) is 11.4 Å². The topological polar surface area (TPSA) is 86.7 Å². The molecule has 0 aromatic heterocycles. The lowest BCUT2D eigenvalue weighted by Crippen LogP contribution is -2.07. The summed E-state index contributed by atoms with van der Waals surface area (Å²) in [5, 5.41) is 0. The Labute approximate surface area is 210 Å².